The van der Waals surface area contributed by atoms with Crippen LogP contribution in [0, 0.1) is 4.78 Å². The maximum Gasteiger partial charge on any atom is 0.242 e. The first-order chi connectivity index (χ1) is 12.2. The van der Waals surface area contributed by atoms with Crippen LogP contribution in [0.25, 0.3) is 5.70 Å². The maximum atomic E-state index is 12.5. The zero-order valence-corrected chi connectivity index (χ0v) is 17.9. The van der Waals surface area contributed by atoms with Crippen LogP contribution in [0.1, 0.15) is 16.5 Å². The fourth-order valence-electron chi connectivity index (χ4n) is 2.88. The van der Waals surface area contributed by atoms with E-state index in [-0.39, 0.29) is 10.3 Å². The quantitative estimate of drug-likeness (QED) is 0.759. The third kappa shape index (κ3) is 3.38. The van der Waals surface area contributed by atoms with Crippen LogP contribution in [-0.4, -0.2) is 38.8 Å². The molecular weight excluding hydrogens is 434 g/mol. The Morgan fingerprint density at radius 3 is 2.42 bits per heavy atom. The molecule has 0 fully saturated rings. The molecule has 2 atom stereocenters. The molecule has 0 bridgehead atoms. The van der Waals surface area contributed by atoms with Gasteiger partial charge < -0.3 is 4.90 Å². The zero-order valence-electron chi connectivity index (χ0n) is 14.7. The maximum absolute atomic E-state index is 12.5. The molecule has 2 aromatic rings. The molecule has 1 N–H and O–H groups in total. The van der Waals surface area contributed by atoms with Crippen molar-refractivity contribution < 1.29 is 8.42 Å². The number of hydrogen-bond acceptors (Lipinski definition) is 4. The van der Waals surface area contributed by atoms with Crippen molar-refractivity contribution in [3.8, 4) is 0 Å². The van der Waals surface area contributed by atoms with E-state index in [1.165, 1.54) is 18.4 Å². The van der Waals surface area contributed by atoms with E-state index in [1.54, 1.807) is 18.2 Å². The van der Waals surface area contributed by atoms with Crippen molar-refractivity contribution in [1.82, 2.24) is 9.21 Å². The summed E-state index contributed by atoms with van der Waals surface area (Å²) in [5.41, 5.74) is 2.71. The highest BCUT2D eigenvalue weighted by Crippen LogP contribution is 2.41. The average Bonchev–Trinajstić information content (AvgIpc) is 2.90. The smallest absolute Gasteiger partial charge is 0.242 e. The highest BCUT2D eigenvalue weighted by molar-refractivity contribution is 9.10. The highest BCUT2D eigenvalue weighted by atomic mass is 79.9. The number of rotatable bonds is 4. The third-order valence-corrected chi connectivity index (χ3v) is 8.34. The fourth-order valence-corrected chi connectivity index (χ4v) is 5.82. The van der Waals surface area contributed by atoms with Gasteiger partial charge in [-0.15, -0.1) is 0 Å². The van der Waals surface area contributed by atoms with Crippen LogP contribution in [0.4, 0.5) is 0 Å². The molecule has 5 nitrogen and oxygen atoms in total. The predicted molar refractivity (Wildman–Crippen MR) is 110 cm³/mol. The van der Waals surface area contributed by atoms with Crippen molar-refractivity contribution >= 4 is 42.3 Å². The van der Waals surface area contributed by atoms with E-state index in [2.05, 4.69) is 20.8 Å². The molecule has 0 amide bonds. The lowest BCUT2D eigenvalue weighted by Gasteiger charge is -2.26. The third-order valence-electron chi connectivity index (χ3n) is 4.29. The lowest BCUT2D eigenvalue weighted by Crippen LogP contribution is -2.23. The van der Waals surface area contributed by atoms with Gasteiger partial charge in [-0.3, -0.25) is 4.78 Å². The predicted octanol–water partition coefficient (Wildman–Crippen LogP) is 4.02. The van der Waals surface area contributed by atoms with Gasteiger partial charge in [0.1, 0.15) is 5.37 Å². The lowest BCUT2D eigenvalue weighted by atomic mass is 10.1. The molecular formula is C18H20BrN3O2S2. The summed E-state index contributed by atoms with van der Waals surface area (Å²) in [7, 11) is 0.732. The second kappa shape index (κ2) is 7.26. The molecule has 2 aromatic carbocycles. The summed E-state index contributed by atoms with van der Waals surface area (Å²) in [6.07, 6.45) is 0. The molecule has 0 saturated heterocycles. The van der Waals surface area contributed by atoms with E-state index in [1.807, 2.05) is 42.8 Å². The Morgan fingerprint density at radius 1 is 1.15 bits per heavy atom. The van der Waals surface area contributed by atoms with Gasteiger partial charge in [0.15, 0.2) is 0 Å². The first-order valence-corrected chi connectivity index (χ1v) is 11.5. The number of nitrogens with zero attached hydrogens (tertiary/aromatic N) is 2. The molecule has 2 unspecified atom stereocenters. The number of benzene rings is 2. The zero-order chi connectivity index (χ0) is 19.1. The molecule has 26 heavy (non-hydrogen) atoms. The van der Waals surface area contributed by atoms with E-state index in [9.17, 15) is 8.42 Å². The van der Waals surface area contributed by atoms with Crippen LogP contribution >= 0.6 is 15.9 Å². The minimum absolute atomic E-state index is 0.0767. The minimum Gasteiger partial charge on any atom is -0.357 e. The largest absolute Gasteiger partial charge is 0.357 e. The molecule has 0 spiro atoms. The minimum atomic E-state index is -3.52. The number of halogens is 1. The van der Waals surface area contributed by atoms with Gasteiger partial charge in [0, 0.05) is 36.6 Å². The molecule has 1 aliphatic heterocycles. The molecule has 0 aliphatic carbocycles. The highest BCUT2D eigenvalue weighted by Gasteiger charge is 2.30. The Morgan fingerprint density at radius 2 is 1.81 bits per heavy atom. The van der Waals surface area contributed by atoms with E-state index in [0.717, 1.165) is 21.3 Å². The molecule has 0 aromatic heterocycles. The van der Waals surface area contributed by atoms with Gasteiger partial charge in [-0.1, -0.05) is 57.0 Å². The monoisotopic (exact) mass is 453 g/mol. The summed E-state index contributed by atoms with van der Waals surface area (Å²) in [6.45, 7) is 0. The summed E-state index contributed by atoms with van der Waals surface area (Å²) >= 11 is 3.53. The van der Waals surface area contributed by atoms with Crippen LogP contribution in [-0.2, 0) is 20.7 Å². The molecule has 3 rings (SSSR count). The van der Waals surface area contributed by atoms with E-state index in [4.69, 9.17) is 4.78 Å². The Hall–Kier alpha value is -1.48. The van der Waals surface area contributed by atoms with Crippen molar-refractivity contribution in [1.29, 1.82) is 4.78 Å². The van der Waals surface area contributed by atoms with Crippen LogP contribution in [0.15, 0.2) is 63.3 Å². The SMILES string of the molecule is CN1C(c2cc(S(=O)(=O)N(C)C)ccc2Br)=CS(=N)C1c1ccccc1. The standard InChI is InChI=1S/C18H20BrN3O2S2/c1-21(2)26(23,24)14-9-10-16(19)15(11-14)17-12-25(20)18(22(17)3)13-7-5-4-6-8-13/h4-12,18,20H,1-3H3. The normalized spacial score (nSPS) is 20.5. The Labute approximate surface area is 165 Å². The first-order valence-electron chi connectivity index (χ1n) is 7.88. The van der Waals surface area contributed by atoms with Crippen LogP contribution < -0.4 is 0 Å². The van der Waals surface area contributed by atoms with Crippen molar-refractivity contribution in [3.63, 3.8) is 0 Å². The Kier molecular flexibility index (Phi) is 5.39. The van der Waals surface area contributed by atoms with Crippen molar-refractivity contribution in [2.75, 3.05) is 21.1 Å². The Balaban J connectivity index is 2.05. The number of nitrogens with one attached hydrogen (secondary N) is 1. The first kappa shape index (κ1) is 19.3. The van der Waals surface area contributed by atoms with Crippen molar-refractivity contribution in [3.05, 3.63) is 69.5 Å². The summed E-state index contributed by atoms with van der Waals surface area (Å²) < 4.78 is 35.5. The topological polar surface area (TPSA) is 64.5 Å². The number of sulfonamides is 1. The van der Waals surface area contributed by atoms with Gasteiger partial charge in [-0.2, -0.15) is 0 Å². The molecule has 8 heteroatoms. The number of hydrogen-bond donors (Lipinski definition) is 1. The van der Waals surface area contributed by atoms with Crippen LogP contribution in [0.5, 0.6) is 0 Å². The molecule has 0 radical (unpaired) electrons. The van der Waals surface area contributed by atoms with E-state index < -0.39 is 20.7 Å². The van der Waals surface area contributed by atoms with Gasteiger partial charge in [0.25, 0.3) is 0 Å². The van der Waals surface area contributed by atoms with Gasteiger partial charge in [0.2, 0.25) is 10.0 Å². The summed E-state index contributed by atoms with van der Waals surface area (Å²) in [5, 5.41) is 1.83. The van der Waals surface area contributed by atoms with Gasteiger partial charge in [0.05, 0.1) is 10.6 Å². The Bertz CT molecular complexity index is 989. The van der Waals surface area contributed by atoms with Crippen molar-refractivity contribution in [2.24, 2.45) is 0 Å². The average molecular weight is 454 g/mol. The molecule has 1 heterocycles. The summed E-state index contributed by atoms with van der Waals surface area (Å²) in [6, 6.07) is 15.0. The summed E-state index contributed by atoms with van der Waals surface area (Å²) in [4.78, 5) is 2.29. The molecule has 1 aliphatic rings. The van der Waals surface area contributed by atoms with Crippen LogP contribution in [0.3, 0.4) is 0 Å². The summed E-state index contributed by atoms with van der Waals surface area (Å²) in [5.74, 6) is 0. The molecule has 138 valence electrons. The van der Waals surface area contributed by atoms with Gasteiger partial charge in [-0.05, 0) is 23.8 Å². The lowest BCUT2D eigenvalue weighted by molar-refractivity contribution is 0.468. The second-order valence-electron chi connectivity index (χ2n) is 6.18. The van der Waals surface area contributed by atoms with E-state index >= 15 is 0 Å². The molecule has 0 saturated carbocycles. The second-order valence-corrected chi connectivity index (χ2v) is 10.6. The van der Waals surface area contributed by atoms with Crippen LogP contribution in [0.2, 0.25) is 0 Å². The fraction of sp³-hybridized carbons (Fsp3) is 0.222. The van der Waals surface area contributed by atoms with E-state index in [0.29, 0.717) is 0 Å². The van der Waals surface area contributed by atoms with Gasteiger partial charge >= 0.3 is 0 Å². The van der Waals surface area contributed by atoms with Crippen molar-refractivity contribution in [2.45, 2.75) is 10.3 Å². The van der Waals surface area contributed by atoms with Gasteiger partial charge in [-0.25, -0.2) is 12.7 Å².